The molecule has 0 bridgehead atoms. The van der Waals surface area contributed by atoms with Crippen molar-refractivity contribution < 1.29 is 4.74 Å². The first-order valence-corrected chi connectivity index (χ1v) is 7.54. The maximum Gasteiger partial charge on any atom is 0.226 e. The fourth-order valence-electron chi connectivity index (χ4n) is 2.67. The summed E-state index contributed by atoms with van der Waals surface area (Å²) in [7, 11) is 0. The number of nitrogens with two attached hydrogens (primary N) is 1. The third kappa shape index (κ3) is 4.63. The molecule has 2 atom stereocenters. The predicted octanol–water partition coefficient (Wildman–Crippen LogP) is 2.50. The third-order valence-electron chi connectivity index (χ3n) is 3.56. The molecule has 1 aliphatic carbocycles. The van der Waals surface area contributed by atoms with Gasteiger partial charge in [0.1, 0.15) is 0 Å². The molecular weight excluding hydrogens is 252 g/mol. The molecule has 112 valence electrons. The minimum Gasteiger partial charge on any atom is -0.475 e. The molecule has 3 N–H and O–H groups in total. The number of aryl methyl sites for hydroxylation is 1. The first kappa shape index (κ1) is 15.0. The molecule has 2 rings (SSSR count). The number of rotatable bonds is 5. The Morgan fingerprint density at radius 2 is 2.20 bits per heavy atom. The summed E-state index contributed by atoms with van der Waals surface area (Å²) in [6.07, 6.45) is 4.83. The van der Waals surface area contributed by atoms with E-state index in [-0.39, 0.29) is 6.10 Å². The van der Waals surface area contributed by atoms with Crippen LogP contribution >= 0.6 is 0 Å². The van der Waals surface area contributed by atoms with Crippen LogP contribution in [0.2, 0.25) is 0 Å². The second-order valence-corrected chi connectivity index (χ2v) is 6.01. The highest BCUT2D eigenvalue weighted by Gasteiger charge is 2.19. The maximum atomic E-state index is 6.02. The third-order valence-corrected chi connectivity index (χ3v) is 3.56. The predicted molar refractivity (Wildman–Crippen MR) is 81.0 cm³/mol. The Labute approximate surface area is 121 Å². The summed E-state index contributed by atoms with van der Waals surface area (Å²) in [6.45, 7) is 6.83. The number of hydrogen-bond acceptors (Lipinski definition) is 5. The van der Waals surface area contributed by atoms with Crippen LogP contribution in [-0.4, -0.2) is 28.7 Å². The summed E-state index contributed by atoms with van der Waals surface area (Å²) in [4.78, 5) is 8.81. The zero-order chi connectivity index (χ0) is 14.5. The smallest absolute Gasteiger partial charge is 0.226 e. The summed E-state index contributed by atoms with van der Waals surface area (Å²) in [5, 5.41) is 3.33. The van der Waals surface area contributed by atoms with Gasteiger partial charge in [-0.25, -0.2) is 4.98 Å². The van der Waals surface area contributed by atoms with Crippen molar-refractivity contribution in [2.75, 3.05) is 11.9 Å². The molecule has 1 fully saturated rings. The Morgan fingerprint density at radius 3 is 2.90 bits per heavy atom. The fourth-order valence-corrected chi connectivity index (χ4v) is 2.67. The zero-order valence-electron chi connectivity index (χ0n) is 12.7. The Hall–Kier alpha value is -1.36. The SMILES string of the molecule is Cc1cc(OC(C)C)nc(NCC2CCCC(N)C2)n1. The van der Waals surface area contributed by atoms with E-state index in [1.807, 2.05) is 26.8 Å². The standard InChI is InChI=1S/C15H26N4O/c1-10(2)20-14-7-11(3)18-15(19-14)17-9-12-5-4-6-13(16)8-12/h7,10,12-13H,4-6,8-9,16H2,1-3H3,(H,17,18,19). The molecule has 0 aliphatic heterocycles. The average Bonchev–Trinajstić information content (AvgIpc) is 2.35. The van der Waals surface area contributed by atoms with E-state index in [4.69, 9.17) is 10.5 Å². The number of hydrogen-bond donors (Lipinski definition) is 2. The zero-order valence-corrected chi connectivity index (χ0v) is 12.7. The van der Waals surface area contributed by atoms with Crippen molar-refractivity contribution >= 4 is 5.95 Å². The van der Waals surface area contributed by atoms with Crippen molar-refractivity contribution in [3.05, 3.63) is 11.8 Å². The second-order valence-electron chi connectivity index (χ2n) is 6.01. The van der Waals surface area contributed by atoms with Crippen LogP contribution in [0.1, 0.15) is 45.2 Å². The van der Waals surface area contributed by atoms with E-state index >= 15 is 0 Å². The van der Waals surface area contributed by atoms with Gasteiger partial charge in [-0.3, -0.25) is 0 Å². The van der Waals surface area contributed by atoms with Gasteiger partial charge in [-0.05, 0) is 46.0 Å². The average molecular weight is 278 g/mol. The van der Waals surface area contributed by atoms with Crippen LogP contribution in [0.15, 0.2) is 6.07 Å². The first-order valence-electron chi connectivity index (χ1n) is 7.54. The Morgan fingerprint density at radius 1 is 1.40 bits per heavy atom. The lowest BCUT2D eigenvalue weighted by Gasteiger charge is -2.26. The molecule has 20 heavy (non-hydrogen) atoms. The Bertz CT molecular complexity index is 436. The highest BCUT2D eigenvalue weighted by atomic mass is 16.5. The molecule has 1 saturated carbocycles. The largest absolute Gasteiger partial charge is 0.475 e. The minimum absolute atomic E-state index is 0.119. The van der Waals surface area contributed by atoms with Crippen molar-refractivity contribution in [2.45, 2.75) is 58.6 Å². The van der Waals surface area contributed by atoms with Gasteiger partial charge in [0.25, 0.3) is 0 Å². The number of nitrogens with zero attached hydrogens (tertiary/aromatic N) is 2. The van der Waals surface area contributed by atoms with Crippen molar-refractivity contribution in [2.24, 2.45) is 11.7 Å². The summed E-state index contributed by atoms with van der Waals surface area (Å²) in [6, 6.07) is 2.22. The summed E-state index contributed by atoms with van der Waals surface area (Å²) in [5.41, 5.74) is 6.93. The highest BCUT2D eigenvalue weighted by molar-refractivity contribution is 5.30. The molecule has 0 aromatic carbocycles. The van der Waals surface area contributed by atoms with Crippen molar-refractivity contribution in [3.8, 4) is 5.88 Å². The molecule has 0 radical (unpaired) electrons. The number of ether oxygens (including phenoxy) is 1. The van der Waals surface area contributed by atoms with Gasteiger partial charge in [0, 0.05) is 24.3 Å². The van der Waals surface area contributed by atoms with Crippen LogP contribution < -0.4 is 15.8 Å². The molecular formula is C15H26N4O. The van der Waals surface area contributed by atoms with E-state index in [1.54, 1.807) is 0 Å². The number of anilines is 1. The molecule has 5 nitrogen and oxygen atoms in total. The second kappa shape index (κ2) is 6.88. The lowest BCUT2D eigenvalue weighted by atomic mass is 9.86. The van der Waals surface area contributed by atoms with Gasteiger partial charge in [-0.2, -0.15) is 4.98 Å². The fraction of sp³-hybridized carbons (Fsp3) is 0.733. The van der Waals surface area contributed by atoms with Crippen molar-refractivity contribution in [1.82, 2.24) is 9.97 Å². The molecule has 2 unspecified atom stereocenters. The minimum atomic E-state index is 0.119. The van der Waals surface area contributed by atoms with Crippen LogP contribution in [0, 0.1) is 12.8 Å². The molecule has 1 aromatic heterocycles. The number of nitrogens with one attached hydrogen (secondary N) is 1. The van der Waals surface area contributed by atoms with Gasteiger partial charge in [0.05, 0.1) is 6.10 Å². The molecule has 0 saturated heterocycles. The quantitative estimate of drug-likeness (QED) is 0.865. The van der Waals surface area contributed by atoms with E-state index in [1.165, 1.54) is 12.8 Å². The topological polar surface area (TPSA) is 73.1 Å². The monoisotopic (exact) mass is 278 g/mol. The van der Waals surface area contributed by atoms with E-state index < -0.39 is 0 Å². The molecule has 1 heterocycles. The summed E-state index contributed by atoms with van der Waals surface area (Å²) in [5.74, 6) is 1.91. The van der Waals surface area contributed by atoms with Gasteiger partial charge in [0.15, 0.2) is 0 Å². The van der Waals surface area contributed by atoms with Crippen LogP contribution in [0.3, 0.4) is 0 Å². The lowest BCUT2D eigenvalue weighted by Crippen LogP contribution is -2.31. The van der Waals surface area contributed by atoms with Gasteiger partial charge < -0.3 is 15.8 Å². The normalized spacial score (nSPS) is 22.9. The van der Waals surface area contributed by atoms with Gasteiger partial charge in [-0.15, -0.1) is 0 Å². The first-order chi connectivity index (χ1) is 9.52. The van der Waals surface area contributed by atoms with E-state index in [2.05, 4.69) is 15.3 Å². The molecule has 0 amide bonds. The van der Waals surface area contributed by atoms with Gasteiger partial charge in [0.2, 0.25) is 11.8 Å². The Balaban J connectivity index is 1.93. The summed E-state index contributed by atoms with van der Waals surface area (Å²) >= 11 is 0. The molecule has 5 heteroatoms. The van der Waals surface area contributed by atoms with E-state index in [0.717, 1.165) is 25.1 Å². The van der Waals surface area contributed by atoms with Crippen LogP contribution in [-0.2, 0) is 0 Å². The van der Waals surface area contributed by atoms with E-state index in [9.17, 15) is 0 Å². The highest BCUT2D eigenvalue weighted by Crippen LogP contribution is 2.23. The maximum absolute atomic E-state index is 6.02. The summed E-state index contributed by atoms with van der Waals surface area (Å²) < 4.78 is 5.63. The number of aromatic nitrogens is 2. The van der Waals surface area contributed by atoms with Gasteiger partial charge in [-0.1, -0.05) is 6.42 Å². The van der Waals surface area contributed by atoms with Crippen molar-refractivity contribution in [1.29, 1.82) is 0 Å². The van der Waals surface area contributed by atoms with Crippen LogP contribution in [0.5, 0.6) is 5.88 Å². The van der Waals surface area contributed by atoms with Gasteiger partial charge >= 0.3 is 0 Å². The Kier molecular flexibility index (Phi) is 5.17. The van der Waals surface area contributed by atoms with E-state index in [0.29, 0.717) is 23.8 Å². The van der Waals surface area contributed by atoms with Crippen LogP contribution in [0.4, 0.5) is 5.95 Å². The van der Waals surface area contributed by atoms with Crippen molar-refractivity contribution in [3.63, 3.8) is 0 Å². The molecule has 1 aromatic rings. The lowest BCUT2D eigenvalue weighted by molar-refractivity contribution is 0.232. The van der Waals surface area contributed by atoms with Crippen LogP contribution in [0.25, 0.3) is 0 Å². The molecule has 0 spiro atoms. The molecule has 1 aliphatic rings.